The highest BCUT2D eigenvalue weighted by atomic mass is 14.9. The minimum Gasteiger partial charge on any atom is -0.314 e. The summed E-state index contributed by atoms with van der Waals surface area (Å²) in [6.07, 6.45) is 3.84. The van der Waals surface area contributed by atoms with Crippen molar-refractivity contribution in [1.82, 2.24) is 5.32 Å². The molecule has 0 saturated heterocycles. The molecule has 0 spiro atoms. The Balaban J connectivity index is 2.88. The molecule has 0 radical (unpaired) electrons. The highest BCUT2D eigenvalue weighted by Crippen LogP contribution is 1.89. The lowest BCUT2D eigenvalue weighted by atomic mass is 10.2. The average Bonchev–Trinajstić information content (AvgIpc) is 1.89. The molecular weight excluding hydrogens is 110 g/mol. The number of rotatable bonds is 5. The van der Waals surface area contributed by atoms with Gasteiger partial charge in [0.1, 0.15) is 0 Å². The van der Waals surface area contributed by atoms with Crippen molar-refractivity contribution in [3.8, 4) is 0 Å². The minimum absolute atomic E-state index is 0.705. The molecule has 0 bridgehead atoms. The van der Waals surface area contributed by atoms with Crippen molar-refractivity contribution < 1.29 is 0 Å². The van der Waals surface area contributed by atoms with Crippen molar-refractivity contribution in [2.45, 2.75) is 46.1 Å². The molecule has 9 heavy (non-hydrogen) atoms. The normalized spacial score (nSPS) is 13.7. The van der Waals surface area contributed by atoms with Crippen LogP contribution in [-0.4, -0.2) is 12.6 Å². The summed E-state index contributed by atoms with van der Waals surface area (Å²) < 4.78 is 0. The van der Waals surface area contributed by atoms with Gasteiger partial charge in [0.25, 0.3) is 0 Å². The van der Waals surface area contributed by atoms with E-state index < -0.39 is 0 Å². The van der Waals surface area contributed by atoms with Crippen molar-refractivity contribution in [3.63, 3.8) is 0 Å². The van der Waals surface area contributed by atoms with E-state index in [1.165, 1.54) is 25.8 Å². The van der Waals surface area contributed by atoms with E-state index in [9.17, 15) is 0 Å². The molecule has 1 nitrogen and oxygen atoms in total. The molecule has 1 atom stereocenters. The molecule has 1 N–H and O–H groups in total. The van der Waals surface area contributed by atoms with E-state index in [0.29, 0.717) is 6.04 Å². The van der Waals surface area contributed by atoms with E-state index in [4.69, 9.17) is 0 Å². The SMILES string of the molecule is CCCCNC(C)CC. The first-order valence-corrected chi connectivity index (χ1v) is 4.04. The topological polar surface area (TPSA) is 12.0 Å². The zero-order chi connectivity index (χ0) is 7.11. The third-order valence-corrected chi connectivity index (χ3v) is 1.64. The van der Waals surface area contributed by atoms with Crippen LogP contribution in [-0.2, 0) is 0 Å². The Bertz CT molecular complexity index is 52.5. The molecule has 0 aliphatic heterocycles. The Morgan fingerprint density at radius 1 is 1.33 bits per heavy atom. The molecule has 0 rings (SSSR count). The molecule has 0 fully saturated rings. The van der Waals surface area contributed by atoms with Gasteiger partial charge in [-0.05, 0) is 26.3 Å². The fourth-order valence-electron chi connectivity index (χ4n) is 0.670. The first-order valence-electron chi connectivity index (χ1n) is 4.04. The quantitative estimate of drug-likeness (QED) is 0.561. The third-order valence-electron chi connectivity index (χ3n) is 1.64. The van der Waals surface area contributed by atoms with Gasteiger partial charge in [-0.25, -0.2) is 0 Å². The highest BCUT2D eigenvalue weighted by molar-refractivity contribution is 4.55. The van der Waals surface area contributed by atoms with Crippen molar-refractivity contribution in [2.75, 3.05) is 6.54 Å². The molecule has 0 aliphatic carbocycles. The number of unbranched alkanes of at least 4 members (excludes halogenated alkanes) is 1. The van der Waals surface area contributed by atoms with E-state index in [1.807, 2.05) is 0 Å². The Hall–Kier alpha value is -0.0400. The molecule has 0 aromatic rings. The molecule has 56 valence electrons. The van der Waals surface area contributed by atoms with Crippen molar-refractivity contribution in [3.05, 3.63) is 0 Å². The van der Waals surface area contributed by atoms with Crippen molar-refractivity contribution in [1.29, 1.82) is 0 Å². The van der Waals surface area contributed by atoms with Gasteiger partial charge >= 0.3 is 0 Å². The summed E-state index contributed by atoms with van der Waals surface area (Å²) >= 11 is 0. The lowest BCUT2D eigenvalue weighted by Crippen LogP contribution is -2.25. The van der Waals surface area contributed by atoms with Crippen LogP contribution in [0, 0.1) is 0 Å². The summed E-state index contributed by atoms with van der Waals surface area (Å²) in [6.45, 7) is 7.85. The predicted octanol–water partition coefficient (Wildman–Crippen LogP) is 2.17. The lowest BCUT2D eigenvalue weighted by molar-refractivity contribution is 0.521. The van der Waals surface area contributed by atoms with Crippen LogP contribution in [0.5, 0.6) is 0 Å². The van der Waals surface area contributed by atoms with Crippen LogP contribution in [0.25, 0.3) is 0 Å². The monoisotopic (exact) mass is 129 g/mol. The molecule has 1 heteroatoms. The summed E-state index contributed by atoms with van der Waals surface area (Å²) in [7, 11) is 0. The second kappa shape index (κ2) is 6.09. The number of nitrogens with one attached hydrogen (secondary N) is 1. The first kappa shape index (κ1) is 8.96. The van der Waals surface area contributed by atoms with Crippen LogP contribution in [0.2, 0.25) is 0 Å². The number of hydrogen-bond donors (Lipinski definition) is 1. The zero-order valence-corrected chi connectivity index (χ0v) is 6.91. The highest BCUT2D eigenvalue weighted by Gasteiger charge is 1.93. The maximum atomic E-state index is 3.43. The van der Waals surface area contributed by atoms with Gasteiger partial charge in [0.15, 0.2) is 0 Å². The summed E-state index contributed by atoms with van der Waals surface area (Å²) in [5, 5.41) is 3.43. The van der Waals surface area contributed by atoms with Gasteiger partial charge in [-0.3, -0.25) is 0 Å². The smallest absolute Gasteiger partial charge is 0.00360 e. The first-order chi connectivity index (χ1) is 4.31. The summed E-state index contributed by atoms with van der Waals surface area (Å²) in [5.41, 5.74) is 0. The van der Waals surface area contributed by atoms with E-state index in [1.54, 1.807) is 0 Å². The largest absolute Gasteiger partial charge is 0.314 e. The minimum atomic E-state index is 0.705. The molecule has 0 amide bonds. The maximum absolute atomic E-state index is 3.43. The fraction of sp³-hybridized carbons (Fsp3) is 1.00. The van der Waals surface area contributed by atoms with Gasteiger partial charge in [-0.1, -0.05) is 20.3 Å². The van der Waals surface area contributed by atoms with Crippen LogP contribution < -0.4 is 5.32 Å². The van der Waals surface area contributed by atoms with E-state index in [0.717, 1.165) is 0 Å². The fourth-order valence-corrected chi connectivity index (χ4v) is 0.670. The van der Waals surface area contributed by atoms with Crippen LogP contribution in [0.1, 0.15) is 40.0 Å². The number of hydrogen-bond acceptors (Lipinski definition) is 1. The van der Waals surface area contributed by atoms with Gasteiger partial charge in [0, 0.05) is 6.04 Å². The molecular formula is C8H19N. The van der Waals surface area contributed by atoms with E-state index in [2.05, 4.69) is 26.1 Å². The average molecular weight is 129 g/mol. The lowest BCUT2D eigenvalue weighted by Gasteiger charge is -2.09. The Morgan fingerprint density at radius 2 is 2.00 bits per heavy atom. The Morgan fingerprint density at radius 3 is 2.44 bits per heavy atom. The van der Waals surface area contributed by atoms with Crippen LogP contribution in [0.4, 0.5) is 0 Å². The second-order valence-electron chi connectivity index (χ2n) is 2.62. The van der Waals surface area contributed by atoms with E-state index in [-0.39, 0.29) is 0 Å². The summed E-state index contributed by atoms with van der Waals surface area (Å²) in [4.78, 5) is 0. The zero-order valence-electron chi connectivity index (χ0n) is 6.91. The Labute approximate surface area is 58.8 Å². The van der Waals surface area contributed by atoms with Gasteiger partial charge in [0.05, 0.1) is 0 Å². The third kappa shape index (κ3) is 5.84. The predicted molar refractivity (Wildman–Crippen MR) is 42.7 cm³/mol. The van der Waals surface area contributed by atoms with Crippen LogP contribution in [0.3, 0.4) is 0 Å². The molecule has 1 unspecified atom stereocenters. The van der Waals surface area contributed by atoms with Crippen LogP contribution in [0.15, 0.2) is 0 Å². The van der Waals surface area contributed by atoms with Crippen molar-refractivity contribution >= 4 is 0 Å². The van der Waals surface area contributed by atoms with E-state index >= 15 is 0 Å². The Kier molecular flexibility index (Phi) is 6.06. The van der Waals surface area contributed by atoms with Gasteiger partial charge in [-0.2, -0.15) is 0 Å². The molecule has 0 aromatic heterocycles. The molecule has 0 aliphatic rings. The van der Waals surface area contributed by atoms with Crippen molar-refractivity contribution in [2.24, 2.45) is 0 Å². The van der Waals surface area contributed by atoms with Gasteiger partial charge in [-0.15, -0.1) is 0 Å². The van der Waals surface area contributed by atoms with Gasteiger partial charge in [0.2, 0.25) is 0 Å². The second-order valence-corrected chi connectivity index (χ2v) is 2.62. The molecule has 0 heterocycles. The molecule has 0 aromatic carbocycles. The standard InChI is InChI=1S/C8H19N/c1-4-6-7-9-8(3)5-2/h8-9H,4-7H2,1-3H3. The summed E-state index contributed by atoms with van der Waals surface area (Å²) in [6, 6.07) is 0.705. The summed E-state index contributed by atoms with van der Waals surface area (Å²) in [5.74, 6) is 0. The van der Waals surface area contributed by atoms with Gasteiger partial charge < -0.3 is 5.32 Å². The maximum Gasteiger partial charge on any atom is 0.00360 e. The molecule has 0 saturated carbocycles. The van der Waals surface area contributed by atoms with Crippen LogP contribution >= 0.6 is 0 Å².